The lowest BCUT2D eigenvalue weighted by Gasteiger charge is -2.40. The molecule has 3 nitrogen and oxygen atoms in total. The van der Waals surface area contributed by atoms with Gasteiger partial charge in [-0.25, -0.2) is 0 Å². The van der Waals surface area contributed by atoms with Crippen LogP contribution >= 0.6 is 12.4 Å². The van der Waals surface area contributed by atoms with Crippen molar-refractivity contribution in [1.82, 2.24) is 10.2 Å². The number of piperazine rings is 1. The molecule has 112 valence electrons. The normalized spacial score (nSPS) is 23.1. The lowest BCUT2D eigenvalue weighted by Crippen LogP contribution is -2.59. The van der Waals surface area contributed by atoms with Crippen molar-refractivity contribution in [3.05, 3.63) is 35.9 Å². The third-order valence-electron chi connectivity index (χ3n) is 3.70. The first-order valence-electron chi connectivity index (χ1n) is 6.42. The first-order valence-corrected chi connectivity index (χ1v) is 6.42. The van der Waals surface area contributed by atoms with E-state index in [0.717, 1.165) is 0 Å². The molecule has 1 aromatic carbocycles. The van der Waals surface area contributed by atoms with Gasteiger partial charge in [0.05, 0.1) is 0 Å². The van der Waals surface area contributed by atoms with Crippen molar-refractivity contribution in [2.24, 2.45) is 0 Å². The van der Waals surface area contributed by atoms with Crippen molar-refractivity contribution in [3.8, 4) is 0 Å². The van der Waals surface area contributed by atoms with Crippen LogP contribution in [0, 0.1) is 0 Å². The third kappa shape index (κ3) is 3.10. The topological polar surface area (TPSA) is 32.3 Å². The highest BCUT2D eigenvalue weighted by Gasteiger charge is 2.46. The summed E-state index contributed by atoms with van der Waals surface area (Å²) in [6.45, 7) is 4.54. The third-order valence-corrected chi connectivity index (χ3v) is 3.70. The van der Waals surface area contributed by atoms with E-state index in [1.54, 1.807) is 13.0 Å². The van der Waals surface area contributed by atoms with E-state index in [4.69, 9.17) is 0 Å². The number of halogens is 3. The molecule has 0 bridgehead atoms. The minimum Gasteiger partial charge on any atom is -0.332 e. The predicted molar refractivity (Wildman–Crippen MR) is 76.2 cm³/mol. The van der Waals surface area contributed by atoms with Gasteiger partial charge in [-0.1, -0.05) is 30.3 Å². The van der Waals surface area contributed by atoms with Crippen LogP contribution in [0.5, 0.6) is 0 Å². The van der Waals surface area contributed by atoms with Gasteiger partial charge in [0.25, 0.3) is 5.91 Å². The fourth-order valence-corrected chi connectivity index (χ4v) is 2.29. The van der Waals surface area contributed by atoms with Gasteiger partial charge in [-0.05, 0) is 13.8 Å². The maximum atomic E-state index is 14.2. The molecule has 1 aliphatic rings. The van der Waals surface area contributed by atoms with Crippen LogP contribution in [0.3, 0.4) is 0 Å². The van der Waals surface area contributed by atoms with Gasteiger partial charge in [-0.2, -0.15) is 8.78 Å². The number of hydrogen-bond acceptors (Lipinski definition) is 2. The maximum Gasteiger partial charge on any atom is 0.349 e. The Morgan fingerprint density at radius 1 is 1.30 bits per heavy atom. The van der Waals surface area contributed by atoms with Crippen LogP contribution in [-0.2, 0) is 10.7 Å². The molecule has 0 aliphatic carbocycles. The predicted octanol–water partition coefficient (Wildman–Crippen LogP) is 2.41. The molecule has 0 aromatic heterocycles. The van der Waals surface area contributed by atoms with E-state index in [1.165, 1.54) is 29.2 Å². The van der Waals surface area contributed by atoms with Crippen LogP contribution in [0.1, 0.15) is 19.4 Å². The summed E-state index contributed by atoms with van der Waals surface area (Å²) in [4.78, 5) is 13.4. The Hall–Kier alpha value is -1.20. The summed E-state index contributed by atoms with van der Waals surface area (Å²) in [5, 5.41) is 3.17. The summed E-state index contributed by atoms with van der Waals surface area (Å²) >= 11 is 0. The van der Waals surface area contributed by atoms with Gasteiger partial charge in [-0.3, -0.25) is 4.79 Å². The molecule has 0 radical (unpaired) electrons. The van der Waals surface area contributed by atoms with E-state index in [2.05, 4.69) is 5.32 Å². The van der Waals surface area contributed by atoms with E-state index in [-0.39, 0.29) is 30.1 Å². The quantitative estimate of drug-likeness (QED) is 0.910. The van der Waals surface area contributed by atoms with Crippen molar-refractivity contribution in [3.63, 3.8) is 0 Å². The number of alkyl halides is 2. The standard InChI is InChI=1S/C14H18F2N2O.ClH/c1-10-11(2)18(9-8-17-10)13(19)14(15,16)12-6-4-3-5-7-12;/h3-7,10-11,17H,8-9H2,1-2H3;1H. The summed E-state index contributed by atoms with van der Waals surface area (Å²) in [6.07, 6.45) is 0. The molecular formula is C14H19ClF2N2O. The zero-order valence-corrected chi connectivity index (χ0v) is 12.3. The highest BCUT2D eigenvalue weighted by Crippen LogP contribution is 2.31. The number of amides is 1. The Bertz CT molecular complexity index is 456. The number of rotatable bonds is 2. The maximum absolute atomic E-state index is 14.2. The van der Waals surface area contributed by atoms with Gasteiger partial charge in [0.2, 0.25) is 0 Å². The van der Waals surface area contributed by atoms with Crippen molar-refractivity contribution >= 4 is 18.3 Å². The summed E-state index contributed by atoms with van der Waals surface area (Å²) < 4.78 is 28.4. The number of nitrogens with zero attached hydrogens (tertiary/aromatic N) is 1. The average molecular weight is 305 g/mol. The van der Waals surface area contributed by atoms with Gasteiger partial charge in [0.15, 0.2) is 0 Å². The molecule has 1 N–H and O–H groups in total. The Kier molecular flexibility index (Phi) is 5.48. The second-order valence-electron chi connectivity index (χ2n) is 4.92. The van der Waals surface area contributed by atoms with Crippen LogP contribution in [-0.4, -0.2) is 36.0 Å². The highest BCUT2D eigenvalue weighted by molar-refractivity contribution is 5.85. The molecule has 1 fully saturated rings. The second kappa shape index (κ2) is 6.50. The molecule has 1 aliphatic heterocycles. The number of carbonyl (C=O) groups is 1. The van der Waals surface area contributed by atoms with Crippen molar-refractivity contribution in [1.29, 1.82) is 0 Å². The zero-order chi connectivity index (χ0) is 14.0. The van der Waals surface area contributed by atoms with E-state index in [1.807, 2.05) is 6.92 Å². The molecule has 1 aromatic rings. The van der Waals surface area contributed by atoms with Crippen LogP contribution < -0.4 is 5.32 Å². The number of benzene rings is 1. The van der Waals surface area contributed by atoms with Crippen molar-refractivity contribution in [2.45, 2.75) is 31.9 Å². The largest absolute Gasteiger partial charge is 0.349 e. The zero-order valence-electron chi connectivity index (χ0n) is 11.5. The molecule has 1 amide bonds. The summed E-state index contributed by atoms with van der Waals surface area (Å²) in [5.41, 5.74) is -0.251. The summed E-state index contributed by atoms with van der Waals surface area (Å²) in [6, 6.07) is 7.03. The first kappa shape index (κ1) is 16.9. The van der Waals surface area contributed by atoms with Crippen LogP contribution in [0.15, 0.2) is 30.3 Å². The molecule has 0 spiro atoms. The van der Waals surface area contributed by atoms with Crippen LogP contribution in [0.4, 0.5) is 8.78 Å². The molecule has 2 unspecified atom stereocenters. The van der Waals surface area contributed by atoms with Gasteiger partial charge >= 0.3 is 5.92 Å². The van der Waals surface area contributed by atoms with E-state index in [9.17, 15) is 13.6 Å². The van der Waals surface area contributed by atoms with E-state index < -0.39 is 11.8 Å². The fraction of sp³-hybridized carbons (Fsp3) is 0.500. The number of carbonyl (C=O) groups excluding carboxylic acids is 1. The first-order chi connectivity index (χ1) is 8.94. The Morgan fingerprint density at radius 2 is 1.90 bits per heavy atom. The van der Waals surface area contributed by atoms with Gasteiger partial charge in [0, 0.05) is 30.7 Å². The summed E-state index contributed by atoms with van der Waals surface area (Å²) in [5.74, 6) is -4.58. The summed E-state index contributed by atoms with van der Waals surface area (Å²) in [7, 11) is 0. The van der Waals surface area contributed by atoms with Crippen molar-refractivity contribution < 1.29 is 13.6 Å². The fourth-order valence-electron chi connectivity index (χ4n) is 2.29. The molecule has 1 heterocycles. The lowest BCUT2D eigenvalue weighted by atomic mass is 10.0. The number of nitrogens with one attached hydrogen (secondary N) is 1. The van der Waals surface area contributed by atoms with Gasteiger partial charge < -0.3 is 10.2 Å². The smallest absolute Gasteiger partial charge is 0.332 e. The molecule has 6 heteroatoms. The monoisotopic (exact) mass is 304 g/mol. The Balaban J connectivity index is 0.00000200. The molecule has 0 saturated carbocycles. The Labute approximate surface area is 123 Å². The number of hydrogen-bond donors (Lipinski definition) is 1. The molecule has 20 heavy (non-hydrogen) atoms. The Morgan fingerprint density at radius 3 is 2.50 bits per heavy atom. The molecule has 2 atom stereocenters. The van der Waals surface area contributed by atoms with Gasteiger partial charge in [0.1, 0.15) is 0 Å². The van der Waals surface area contributed by atoms with Crippen molar-refractivity contribution in [2.75, 3.05) is 13.1 Å². The molecule has 2 rings (SSSR count). The van der Waals surface area contributed by atoms with E-state index >= 15 is 0 Å². The minimum atomic E-state index is -3.47. The SMILES string of the molecule is CC1NCCN(C(=O)C(F)(F)c2ccccc2)C1C.Cl. The average Bonchev–Trinajstić information content (AvgIpc) is 2.42. The second-order valence-corrected chi connectivity index (χ2v) is 4.92. The van der Waals surface area contributed by atoms with Crippen LogP contribution in [0.2, 0.25) is 0 Å². The minimum absolute atomic E-state index is 0. The van der Waals surface area contributed by atoms with E-state index in [0.29, 0.717) is 13.1 Å². The molecular weight excluding hydrogens is 286 g/mol. The van der Waals surface area contributed by atoms with Crippen LogP contribution in [0.25, 0.3) is 0 Å². The highest BCUT2D eigenvalue weighted by atomic mass is 35.5. The van der Waals surface area contributed by atoms with Gasteiger partial charge in [-0.15, -0.1) is 12.4 Å². The lowest BCUT2D eigenvalue weighted by molar-refractivity contribution is -0.163. The molecule has 1 saturated heterocycles.